The second-order valence-electron chi connectivity index (χ2n) is 4.74. The molecule has 1 aliphatic rings. The lowest BCUT2D eigenvalue weighted by Gasteiger charge is -2.17. The molecule has 0 aromatic heterocycles. The highest BCUT2D eigenvalue weighted by molar-refractivity contribution is 7.89. The zero-order valence-corrected chi connectivity index (χ0v) is 11.8. The summed E-state index contributed by atoms with van der Waals surface area (Å²) in [5.41, 5.74) is 5.69. The van der Waals surface area contributed by atoms with E-state index < -0.39 is 20.7 Å². The highest BCUT2D eigenvalue weighted by Gasteiger charge is 2.34. The van der Waals surface area contributed by atoms with Crippen LogP contribution in [0, 0.1) is 5.82 Å². The number of amides is 1. The maximum Gasteiger partial charge on any atom is 0.246 e. The molecule has 110 valence electrons. The lowest BCUT2D eigenvalue weighted by atomic mass is 10.3. The van der Waals surface area contributed by atoms with E-state index in [0.717, 1.165) is 16.4 Å². The summed E-state index contributed by atoms with van der Waals surface area (Å²) in [5.74, 6) is -1.05. The highest BCUT2D eigenvalue weighted by Crippen LogP contribution is 2.25. The van der Waals surface area contributed by atoms with E-state index in [1.165, 1.54) is 13.0 Å². The van der Waals surface area contributed by atoms with Gasteiger partial charge in [0.05, 0.1) is 0 Å². The molecule has 1 aliphatic heterocycles. The van der Waals surface area contributed by atoms with E-state index >= 15 is 0 Å². The molecule has 0 bridgehead atoms. The van der Waals surface area contributed by atoms with Crippen molar-refractivity contribution in [3.05, 3.63) is 24.0 Å². The first-order valence-electron chi connectivity index (χ1n) is 6.13. The first kappa shape index (κ1) is 14.7. The third-order valence-electron chi connectivity index (χ3n) is 3.13. The van der Waals surface area contributed by atoms with Gasteiger partial charge in [-0.2, -0.15) is 4.31 Å². The monoisotopic (exact) mass is 301 g/mol. The van der Waals surface area contributed by atoms with Gasteiger partial charge >= 0.3 is 0 Å². The predicted octanol–water partition coefficient (Wildman–Crippen LogP) is 0.307. The number of nitrogens with one attached hydrogen (secondary N) is 1. The van der Waals surface area contributed by atoms with Crippen molar-refractivity contribution in [2.45, 2.75) is 24.3 Å². The Hall–Kier alpha value is -1.67. The van der Waals surface area contributed by atoms with Gasteiger partial charge in [0, 0.05) is 31.7 Å². The van der Waals surface area contributed by atoms with Gasteiger partial charge in [-0.3, -0.25) is 4.79 Å². The summed E-state index contributed by atoms with van der Waals surface area (Å²) in [6.07, 6.45) is 0.503. The molecule has 0 saturated carbocycles. The quantitative estimate of drug-likeness (QED) is 0.786. The Morgan fingerprint density at radius 3 is 2.85 bits per heavy atom. The largest absolute Gasteiger partial charge is 0.399 e. The van der Waals surface area contributed by atoms with Crippen LogP contribution in [0.1, 0.15) is 13.3 Å². The van der Waals surface area contributed by atoms with Crippen LogP contribution in [0.25, 0.3) is 0 Å². The first-order valence-corrected chi connectivity index (χ1v) is 7.57. The minimum absolute atomic E-state index is 0.135. The number of carbonyl (C=O) groups is 1. The molecule has 2 rings (SSSR count). The molecule has 1 amide bonds. The normalized spacial score (nSPS) is 20.0. The average Bonchev–Trinajstić information content (AvgIpc) is 2.80. The first-order chi connectivity index (χ1) is 9.30. The summed E-state index contributed by atoms with van der Waals surface area (Å²) in [5, 5.41) is 2.66. The molecule has 0 radical (unpaired) electrons. The molecule has 6 nitrogen and oxygen atoms in total. The van der Waals surface area contributed by atoms with Crippen molar-refractivity contribution in [3.63, 3.8) is 0 Å². The molecule has 1 saturated heterocycles. The number of hydrogen-bond donors (Lipinski definition) is 2. The van der Waals surface area contributed by atoms with E-state index in [1.807, 2.05) is 0 Å². The molecular formula is C12H16FN3O3S. The maximum atomic E-state index is 13.7. The van der Waals surface area contributed by atoms with Gasteiger partial charge in [-0.25, -0.2) is 12.8 Å². The molecule has 1 unspecified atom stereocenters. The van der Waals surface area contributed by atoms with Gasteiger partial charge in [0.2, 0.25) is 15.9 Å². The van der Waals surface area contributed by atoms with Crippen LogP contribution in [-0.2, 0) is 14.8 Å². The van der Waals surface area contributed by atoms with Crippen LogP contribution < -0.4 is 11.1 Å². The molecule has 1 heterocycles. The van der Waals surface area contributed by atoms with Crippen molar-refractivity contribution in [2.24, 2.45) is 0 Å². The van der Waals surface area contributed by atoms with Gasteiger partial charge in [-0.15, -0.1) is 0 Å². The molecule has 1 aromatic rings. The molecule has 1 atom stereocenters. The Kier molecular flexibility index (Phi) is 3.96. The van der Waals surface area contributed by atoms with Crippen LogP contribution in [0.3, 0.4) is 0 Å². The molecule has 8 heteroatoms. The second-order valence-corrected chi connectivity index (χ2v) is 6.65. The van der Waals surface area contributed by atoms with Crippen LogP contribution in [0.5, 0.6) is 0 Å². The third kappa shape index (κ3) is 2.91. The number of nitrogens with zero attached hydrogens (tertiary/aromatic N) is 1. The minimum Gasteiger partial charge on any atom is -0.399 e. The van der Waals surface area contributed by atoms with E-state index in [0.29, 0.717) is 6.42 Å². The fourth-order valence-electron chi connectivity index (χ4n) is 2.21. The summed E-state index contributed by atoms with van der Waals surface area (Å²) in [4.78, 5) is 10.5. The van der Waals surface area contributed by atoms with Crippen molar-refractivity contribution in [1.82, 2.24) is 9.62 Å². The van der Waals surface area contributed by atoms with Crippen LogP contribution in [0.15, 0.2) is 23.1 Å². The second kappa shape index (κ2) is 5.37. The fourth-order valence-corrected chi connectivity index (χ4v) is 3.81. The smallest absolute Gasteiger partial charge is 0.246 e. The van der Waals surface area contributed by atoms with Crippen molar-refractivity contribution < 1.29 is 17.6 Å². The SMILES string of the molecule is CC(=O)NC1CCN(S(=O)(=O)c2cc(N)ccc2F)C1. The fraction of sp³-hybridized carbons (Fsp3) is 0.417. The van der Waals surface area contributed by atoms with Crippen LogP contribution in [-0.4, -0.2) is 37.8 Å². The Morgan fingerprint density at radius 2 is 2.20 bits per heavy atom. The number of nitrogens with two attached hydrogens (primary N) is 1. The number of nitrogen functional groups attached to an aromatic ring is 1. The van der Waals surface area contributed by atoms with Crippen LogP contribution in [0.4, 0.5) is 10.1 Å². The van der Waals surface area contributed by atoms with Gasteiger partial charge < -0.3 is 11.1 Å². The lowest BCUT2D eigenvalue weighted by Crippen LogP contribution is -2.37. The Morgan fingerprint density at radius 1 is 1.50 bits per heavy atom. The topological polar surface area (TPSA) is 92.5 Å². The predicted molar refractivity (Wildman–Crippen MR) is 71.8 cm³/mol. The third-order valence-corrected chi connectivity index (χ3v) is 5.01. The maximum absolute atomic E-state index is 13.7. The Labute approximate surface area is 116 Å². The minimum atomic E-state index is -3.93. The molecule has 1 fully saturated rings. The Balaban J connectivity index is 2.24. The van der Waals surface area contributed by atoms with Gasteiger partial charge in [0.1, 0.15) is 10.7 Å². The summed E-state index contributed by atoms with van der Waals surface area (Å²) >= 11 is 0. The molecule has 0 aliphatic carbocycles. The molecular weight excluding hydrogens is 285 g/mol. The van der Waals surface area contributed by atoms with Crippen molar-refractivity contribution in [2.75, 3.05) is 18.8 Å². The summed E-state index contributed by atoms with van der Waals surface area (Å²) in [6, 6.07) is 3.20. The van der Waals surface area contributed by atoms with Gasteiger partial charge in [0.15, 0.2) is 0 Å². The number of sulfonamides is 1. The molecule has 20 heavy (non-hydrogen) atoms. The van der Waals surface area contributed by atoms with E-state index in [9.17, 15) is 17.6 Å². The van der Waals surface area contributed by atoms with Crippen LogP contribution in [0.2, 0.25) is 0 Å². The van der Waals surface area contributed by atoms with Crippen LogP contribution >= 0.6 is 0 Å². The summed E-state index contributed by atoms with van der Waals surface area (Å²) in [6.45, 7) is 1.74. The zero-order valence-electron chi connectivity index (χ0n) is 11.0. The van der Waals surface area contributed by atoms with Crippen molar-refractivity contribution >= 4 is 21.6 Å². The summed E-state index contributed by atoms with van der Waals surface area (Å²) in [7, 11) is -3.93. The number of carbonyl (C=O) groups excluding carboxylic acids is 1. The Bertz CT molecular complexity index is 633. The molecule has 1 aromatic carbocycles. The van der Waals surface area contributed by atoms with Gasteiger partial charge in [-0.1, -0.05) is 0 Å². The van der Waals surface area contributed by atoms with E-state index in [1.54, 1.807) is 0 Å². The van der Waals surface area contributed by atoms with E-state index in [-0.39, 0.29) is 30.7 Å². The number of halogens is 1. The standard InChI is InChI=1S/C12H16FN3O3S/c1-8(17)15-10-4-5-16(7-10)20(18,19)12-6-9(14)2-3-11(12)13/h2-3,6,10H,4-5,7,14H2,1H3,(H,15,17). The lowest BCUT2D eigenvalue weighted by molar-refractivity contribution is -0.119. The number of hydrogen-bond acceptors (Lipinski definition) is 4. The molecule has 3 N–H and O–H groups in total. The zero-order chi connectivity index (χ0) is 14.9. The van der Waals surface area contributed by atoms with E-state index in [2.05, 4.69) is 5.32 Å². The number of anilines is 1. The highest BCUT2D eigenvalue weighted by atomic mass is 32.2. The van der Waals surface area contributed by atoms with E-state index in [4.69, 9.17) is 5.73 Å². The average molecular weight is 301 g/mol. The molecule has 0 spiro atoms. The van der Waals surface area contributed by atoms with Gasteiger partial charge in [0.25, 0.3) is 0 Å². The van der Waals surface area contributed by atoms with Crippen molar-refractivity contribution in [3.8, 4) is 0 Å². The number of rotatable bonds is 3. The van der Waals surface area contributed by atoms with Gasteiger partial charge in [-0.05, 0) is 24.6 Å². The number of benzene rings is 1. The summed E-state index contributed by atoms with van der Waals surface area (Å²) < 4.78 is 39.6. The van der Waals surface area contributed by atoms with Crippen molar-refractivity contribution in [1.29, 1.82) is 0 Å².